The minimum atomic E-state index is -1.26. The van der Waals surface area contributed by atoms with E-state index in [9.17, 15) is 14.7 Å². The molecule has 22 heavy (non-hydrogen) atoms. The van der Waals surface area contributed by atoms with Gasteiger partial charge in [0, 0.05) is 24.8 Å². The van der Waals surface area contributed by atoms with Crippen LogP contribution in [0.25, 0.3) is 0 Å². The van der Waals surface area contributed by atoms with Gasteiger partial charge in [-0.25, -0.2) is 0 Å². The number of amides is 1. The van der Waals surface area contributed by atoms with Crippen LogP contribution in [-0.4, -0.2) is 41.2 Å². The van der Waals surface area contributed by atoms with Gasteiger partial charge in [-0.2, -0.15) is 11.3 Å². The molecule has 1 rings (SSSR count). The molecule has 5 nitrogen and oxygen atoms in total. The van der Waals surface area contributed by atoms with Crippen LogP contribution in [0.15, 0.2) is 16.8 Å². The molecule has 0 fully saturated rings. The average Bonchev–Trinajstić information content (AvgIpc) is 3.01. The van der Waals surface area contributed by atoms with Crippen molar-refractivity contribution in [3.05, 3.63) is 22.4 Å². The van der Waals surface area contributed by atoms with Gasteiger partial charge in [0.25, 0.3) is 0 Å². The fourth-order valence-corrected chi connectivity index (χ4v) is 2.58. The molecule has 6 heteroatoms. The van der Waals surface area contributed by atoms with E-state index in [0.717, 1.165) is 6.42 Å². The summed E-state index contributed by atoms with van der Waals surface area (Å²) in [6, 6.07) is 2.02. The van der Waals surface area contributed by atoms with E-state index in [1.165, 1.54) is 5.56 Å². The summed E-state index contributed by atoms with van der Waals surface area (Å²) in [7, 11) is 0. The first-order valence-electron chi connectivity index (χ1n) is 7.46. The Morgan fingerprint density at radius 3 is 2.68 bits per heavy atom. The van der Waals surface area contributed by atoms with E-state index in [2.05, 4.69) is 5.32 Å². The van der Waals surface area contributed by atoms with Crippen molar-refractivity contribution in [1.82, 2.24) is 5.32 Å². The third-order valence-electron chi connectivity index (χ3n) is 3.60. The minimum absolute atomic E-state index is 0.177. The summed E-state index contributed by atoms with van der Waals surface area (Å²) in [6.07, 6.45) is 1.000. The van der Waals surface area contributed by atoms with Crippen LogP contribution < -0.4 is 5.32 Å². The molecule has 0 saturated carbocycles. The summed E-state index contributed by atoms with van der Waals surface area (Å²) < 4.78 is 0. The number of Topliss-reactive ketones (excluding diaryl/α,β-unsaturated/α-hetero) is 1. The first-order chi connectivity index (χ1) is 10.4. The van der Waals surface area contributed by atoms with Crippen LogP contribution in [-0.2, 0) is 16.0 Å². The second-order valence-electron chi connectivity index (χ2n) is 6.11. The van der Waals surface area contributed by atoms with Gasteiger partial charge >= 0.3 is 0 Å². The van der Waals surface area contributed by atoms with Gasteiger partial charge in [0.1, 0.15) is 11.9 Å². The fraction of sp³-hybridized carbons (Fsp3) is 0.625. The lowest BCUT2D eigenvalue weighted by Gasteiger charge is -2.27. The Hall–Kier alpha value is -1.24. The third kappa shape index (κ3) is 6.25. The Morgan fingerprint density at radius 2 is 2.09 bits per heavy atom. The highest BCUT2D eigenvalue weighted by molar-refractivity contribution is 7.07. The normalized spacial score (nSPS) is 12.9. The van der Waals surface area contributed by atoms with E-state index >= 15 is 0 Å². The van der Waals surface area contributed by atoms with E-state index in [1.54, 1.807) is 25.2 Å². The number of aliphatic hydroxyl groups is 2. The summed E-state index contributed by atoms with van der Waals surface area (Å²) in [4.78, 5) is 23.4. The Bertz CT molecular complexity index is 471. The molecule has 0 spiro atoms. The number of carbonyl (C=O) groups excluding carboxylic acids is 2. The summed E-state index contributed by atoms with van der Waals surface area (Å²) in [5.74, 6) is -0.332. The molecule has 3 N–H and O–H groups in total. The molecular weight excluding hydrogens is 302 g/mol. The molecule has 124 valence electrons. The molecule has 0 aromatic carbocycles. The highest BCUT2D eigenvalue weighted by Gasteiger charge is 2.32. The molecule has 1 atom stereocenters. The van der Waals surface area contributed by atoms with E-state index in [4.69, 9.17) is 5.11 Å². The van der Waals surface area contributed by atoms with E-state index in [1.807, 2.05) is 16.8 Å². The van der Waals surface area contributed by atoms with Crippen molar-refractivity contribution in [1.29, 1.82) is 0 Å². The molecule has 0 aliphatic rings. The van der Waals surface area contributed by atoms with Crippen LogP contribution in [0.2, 0.25) is 0 Å². The smallest absolute Gasteiger partial charge is 0.249 e. The molecular formula is C16H25NO4S. The van der Waals surface area contributed by atoms with E-state index in [0.29, 0.717) is 25.8 Å². The van der Waals surface area contributed by atoms with Crippen molar-refractivity contribution in [3.63, 3.8) is 0 Å². The predicted molar refractivity (Wildman–Crippen MR) is 86.8 cm³/mol. The lowest BCUT2D eigenvalue weighted by Crippen LogP contribution is -2.45. The Morgan fingerprint density at radius 1 is 1.36 bits per heavy atom. The Kier molecular flexibility index (Phi) is 7.72. The first kappa shape index (κ1) is 18.8. The molecule has 1 heterocycles. The van der Waals surface area contributed by atoms with Crippen molar-refractivity contribution in [2.45, 2.75) is 45.6 Å². The Labute approximate surface area is 135 Å². The molecule has 0 unspecified atom stereocenters. The van der Waals surface area contributed by atoms with Crippen LogP contribution >= 0.6 is 11.3 Å². The second-order valence-corrected chi connectivity index (χ2v) is 6.89. The van der Waals surface area contributed by atoms with Crippen molar-refractivity contribution >= 4 is 23.0 Å². The predicted octanol–water partition coefficient (Wildman–Crippen LogP) is 1.53. The SMILES string of the molecule is CC(C)(CO)[C@@H](O)C(=O)NCCCC(=O)CCc1ccsc1. The quantitative estimate of drug-likeness (QED) is 0.569. The maximum atomic E-state index is 11.7. The van der Waals surface area contributed by atoms with Gasteiger partial charge in [0.05, 0.1) is 6.61 Å². The zero-order chi connectivity index (χ0) is 16.6. The molecule has 1 aromatic heterocycles. The summed E-state index contributed by atoms with van der Waals surface area (Å²) in [5, 5.41) is 25.5. The van der Waals surface area contributed by atoms with Gasteiger partial charge in [-0.3, -0.25) is 9.59 Å². The molecule has 0 radical (unpaired) electrons. The fourth-order valence-electron chi connectivity index (χ4n) is 1.88. The topological polar surface area (TPSA) is 86.6 Å². The van der Waals surface area contributed by atoms with Gasteiger partial charge < -0.3 is 15.5 Å². The maximum absolute atomic E-state index is 11.7. The highest BCUT2D eigenvalue weighted by atomic mass is 32.1. The lowest BCUT2D eigenvalue weighted by atomic mass is 9.87. The second kappa shape index (κ2) is 9.02. The summed E-state index contributed by atoms with van der Waals surface area (Å²) in [6.45, 7) is 3.31. The van der Waals surface area contributed by atoms with E-state index in [-0.39, 0.29) is 12.4 Å². The van der Waals surface area contributed by atoms with Crippen molar-refractivity contribution in [3.8, 4) is 0 Å². The third-order valence-corrected chi connectivity index (χ3v) is 4.33. The zero-order valence-corrected chi connectivity index (χ0v) is 14.0. The number of thiophene rings is 1. The first-order valence-corrected chi connectivity index (χ1v) is 8.40. The number of hydrogen-bond donors (Lipinski definition) is 3. The van der Waals surface area contributed by atoms with E-state index < -0.39 is 17.4 Å². The van der Waals surface area contributed by atoms with Crippen LogP contribution in [0.1, 0.15) is 38.7 Å². The summed E-state index contributed by atoms with van der Waals surface area (Å²) in [5.41, 5.74) is 0.307. The molecule has 0 saturated heterocycles. The highest BCUT2D eigenvalue weighted by Crippen LogP contribution is 2.19. The number of aliphatic hydroxyl groups excluding tert-OH is 2. The van der Waals surface area contributed by atoms with Crippen LogP contribution in [0.4, 0.5) is 0 Å². The maximum Gasteiger partial charge on any atom is 0.249 e. The number of ketones is 1. The van der Waals surface area contributed by atoms with Crippen molar-refractivity contribution in [2.24, 2.45) is 5.41 Å². The minimum Gasteiger partial charge on any atom is -0.396 e. The average molecular weight is 327 g/mol. The number of nitrogens with one attached hydrogen (secondary N) is 1. The van der Waals surface area contributed by atoms with Gasteiger partial charge in [-0.15, -0.1) is 0 Å². The lowest BCUT2D eigenvalue weighted by molar-refractivity contribution is -0.137. The van der Waals surface area contributed by atoms with Crippen LogP contribution in [0.3, 0.4) is 0 Å². The zero-order valence-electron chi connectivity index (χ0n) is 13.2. The van der Waals surface area contributed by atoms with Gasteiger partial charge in [0.2, 0.25) is 5.91 Å². The largest absolute Gasteiger partial charge is 0.396 e. The monoisotopic (exact) mass is 327 g/mol. The molecule has 1 amide bonds. The summed E-state index contributed by atoms with van der Waals surface area (Å²) >= 11 is 1.62. The number of aryl methyl sites for hydroxylation is 1. The molecule has 0 aliphatic heterocycles. The van der Waals surface area contributed by atoms with Gasteiger partial charge in [-0.05, 0) is 35.2 Å². The number of rotatable bonds is 10. The molecule has 1 aromatic rings. The molecule has 0 bridgehead atoms. The van der Waals surface area contributed by atoms with Crippen molar-refractivity contribution in [2.75, 3.05) is 13.2 Å². The molecule has 0 aliphatic carbocycles. The van der Waals surface area contributed by atoms with Gasteiger partial charge in [-0.1, -0.05) is 13.8 Å². The van der Waals surface area contributed by atoms with Crippen LogP contribution in [0.5, 0.6) is 0 Å². The standard InChI is InChI=1S/C16H25NO4S/c1-16(2,11-18)14(20)15(21)17-8-3-4-13(19)6-5-12-7-9-22-10-12/h7,9-10,14,18,20H,3-6,8,11H2,1-2H3,(H,17,21)/t14-/m0/s1. The van der Waals surface area contributed by atoms with Gasteiger partial charge in [0.15, 0.2) is 0 Å². The Balaban J connectivity index is 2.16. The van der Waals surface area contributed by atoms with Crippen LogP contribution in [0, 0.1) is 5.41 Å². The number of hydrogen-bond acceptors (Lipinski definition) is 5. The van der Waals surface area contributed by atoms with Crippen molar-refractivity contribution < 1.29 is 19.8 Å². The number of carbonyl (C=O) groups is 2.